The molecular weight excluding hydrogens is 264 g/mol. The fourth-order valence-electron chi connectivity index (χ4n) is 1.66. The maximum absolute atomic E-state index is 11.6. The van der Waals surface area contributed by atoms with E-state index in [1.807, 2.05) is 29.6 Å². The van der Waals surface area contributed by atoms with E-state index >= 15 is 0 Å². The topological polar surface area (TPSA) is 78.4 Å². The van der Waals surface area contributed by atoms with Crippen LogP contribution in [0, 0.1) is 0 Å². The van der Waals surface area contributed by atoms with Crippen LogP contribution in [0.2, 0.25) is 0 Å². The second kappa shape index (κ2) is 6.19. The maximum atomic E-state index is 11.6. The fraction of sp³-hybridized carbons (Fsp3) is 0.231. The Kier molecular flexibility index (Phi) is 4.35. The molecule has 1 heterocycles. The van der Waals surface area contributed by atoms with E-state index in [4.69, 9.17) is 5.11 Å². The lowest BCUT2D eigenvalue weighted by Gasteiger charge is -2.07. The summed E-state index contributed by atoms with van der Waals surface area (Å²) in [6.45, 7) is 0.346. The average Bonchev–Trinajstić information content (AvgIpc) is 2.82. The van der Waals surface area contributed by atoms with Crippen molar-refractivity contribution >= 4 is 39.1 Å². The summed E-state index contributed by atoms with van der Waals surface area (Å²) >= 11 is 1.65. The molecule has 0 saturated carbocycles. The molecule has 0 saturated heterocycles. The Hall–Kier alpha value is -2.08. The van der Waals surface area contributed by atoms with Gasteiger partial charge in [0.05, 0.1) is 0 Å². The highest BCUT2D eigenvalue weighted by Crippen LogP contribution is 2.23. The van der Waals surface area contributed by atoms with E-state index in [9.17, 15) is 9.59 Å². The fourth-order valence-corrected chi connectivity index (χ4v) is 2.43. The molecule has 100 valence electrons. The van der Waals surface area contributed by atoms with Crippen molar-refractivity contribution in [1.29, 1.82) is 0 Å². The molecule has 1 aromatic carbocycles. The second-order valence-corrected chi connectivity index (χ2v) is 5.00. The Bertz CT molecular complexity index is 594. The van der Waals surface area contributed by atoms with Crippen LogP contribution in [0.3, 0.4) is 0 Å². The number of carbonyl (C=O) groups excluding carboxylic acids is 1. The van der Waals surface area contributed by atoms with Crippen LogP contribution >= 0.6 is 11.3 Å². The van der Waals surface area contributed by atoms with Crippen molar-refractivity contribution in [2.75, 3.05) is 11.9 Å². The molecule has 3 N–H and O–H groups in total. The standard InChI is InChI=1S/C13H14N2O3S/c16-12(17)2-1-6-14-13(18)15-10-3-4-11-9(8-10)5-7-19-11/h3-5,7-8H,1-2,6H2,(H,16,17)(H2,14,15,18). The third-order valence-electron chi connectivity index (χ3n) is 2.56. The van der Waals surface area contributed by atoms with Crippen LogP contribution in [0.15, 0.2) is 29.6 Å². The van der Waals surface area contributed by atoms with E-state index in [1.54, 1.807) is 11.3 Å². The number of amides is 2. The number of hydrogen-bond acceptors (Lipinski definition) is 3. The van der Waals surface area contributed by atoms with Crippen LogP contribution in [0.1, 0.15) is 12.8 Å². The van der Waals surface area contributed by atoms with Gasteiger partial charge in [-0.05, 0) is 41.5 Å². The van der Waals surface area contributed by atoms with Gasteiger partial charge < -0.3 is 15.7 Å². The Labute approximate surface area is 114 Å². The zero-order valence-electron chi connectivity index (χ0n) is 10.2. The first-order valence-corrected chi connectivity index (χ1v) is 6.77. The van der Waals surface area contributed by atoms with Crippen molar-refractivity contribution in [1.82, 2.24) is 5.32 Å². The van der Waals surface area contributed by atoms with Gasteiger partial charge in [-0.15, -0.1) is 11.3 Å². The number of aliphatic carboxylic acids is 1. The van der Waals surface area contributed by atoms with Crippen LogP contribution in [-0.2, 0) is 4.79 Å². The van der Waals surface area contributed by atoms with Gasteiger partial charge in [0.2, 0.25) is 0 Å². The van der Waals surface area contributed by atoms with Crippen LogP contribution in [-0.4, -0.2) is 23.7 Å². The molecule has 1 aromatic heterocycles. The zero-order chi connectivity index (χ0) is 13.7. The number of rotatable bonds is 5. The van der Waals surface area contributed by atoms with Crippen molar-refractivity contribution in [2.24, 2.45) is 0 Å². The number of carboxylic acid groups (broad SMARTS) is 1. The summed E-state index contributed by atoms with van der Waals surface area (Å²) in [5.74, 6) is -0.856. The van der Waals surface area contributed by atoms with Gasteiger partial charge in [0.25, 0.3) is 0 Å². The van der Waals surface area contributed by atoms with Crippen molar-refractivity contribution in [2.45, 2.75) is 12.8 Å². The monoisotopic (exact) mass is 278 g/mol. The largest absolute Gasteiger partial charge is 0.481 e. The third-order valence-corrected chi connectivity index (χ3v) is 3.46. The summed E-state index contributed by atoms with van der Waals surface area (Å²) in [5, 5.41) is 16.9. The average molecular weight is 278 g/mol. The first-order chi connectivity index (χ1) is 9.15. The number of nitrogens with one attached hydrogen (secondary N) is 2. The summed E-state index contributed by atoms with van der Waals surface area (Å²) in [5.41, 5.74) is 0.724. The number of carboxylic acids is 1. The van der Waals surface area contributed by atoms with Crippen molar-refractivity contribution in [3.05, 3.63) is 29.6 Å². The first kappa shape index (κ1) is 13.4. The SMILES string of the molecule is O=C(O)CCCNC(=O)Nc1ccc2sccc2c1. The summed E-state index contributed by atoms with van der Waals surface area (Å²) in [6, 6.07) is 7.38. The lowest BCUT2D eigenvalue weighted by atomic mass is 10.2. The number of carbonyl (C=O) groups is 2. The summed E-state index contributed by atoms with van der Waals surface area (Å²) < 4.78 is 1.17. The predicted molar refractivity (Wildman–Crippen MR) is 75.7 cm³/mol. The summed E-state index contributed by atoms with van der Waals surface area (Å²) in [7, 11) is 0. The molecule has 2 rings (SSSR count). The number of urea groups is 1. The zero-order valence-corrected chi connectivity index (χ0v) is 11.0. The van der Waals surface area contributed by atoms with Crippen molar-refractivity contribution < 1.29 is 14.7 Å². The summed E-state index contributed by atoms with van der Waals surface area (Å²) in [4.78, 5) is 21.9. The molecule has 0 fully saturated rings. The molecule has 2 aromatic rings. The molecule has 0 aliphatic rings. The minimum absolute atomic E-state index is 0.0567. The van der Waals surface area contributed by atoms with E-state index in [0.717, 1.165) is 11.1 Å². The van der Waals surface area contributed by atoms with E-state index in [1.165, 1.54) is 4.70 Å². The van der Waals surface area contributed by atoms with Gasteiger partial charge in [-0.3, -0.25) is 4.79 Å². The van der Waals surface area contributed by atoms with Crippen LogP contribution < -0.4 is 10.6 Å². The molecule has 0 bridgehead atoms. The Morgan fingerprint density at radius 3 is 2.89 bits per heavy atom. The maximum Gasteiger partial charge on any atom is 0.319 e. The molecule has 0 aliphatic carbocycles. The molecule has 19 heavy (non-hydrogen) atoms. The lowest BCUT2D eigenvalue weighted by Crippen LogP contribution is -2.29. The smallest absolute Gasteiger partial charge is 0.319 e. The summed E-state index contributed by atoms with van der Waals surface area (Å²) in [6.07, 6.45) is 0.480. The lowest BCUT2D eigenvalue weighted by molar-refractivity contribution is -0.137. The van der Waals surface area contributed by atoms with Crippen molar-refractivity contribution in [3.8, 4) is 0 Å². The Balaban J connectivity index is 1.82. The van der Waals surface area contributed by atoms with E-state index in [2.05, 4.69) is 10.6 Å². The predicted octanol–water partition coefficient (Wildman–Crippen LogP) is 2.89. The molecule has 0 unspecified atom stereocenters. The van der Waals surface area contributed by atoms with Gasteiger partial charge >= 0.3 is 12.0 Å². The number of benzene rings is 1. The van der Waals surface area contributed by atoms with E-state index in [0.29, 0.717) is 13.0 Å². The van der Waals surface area contributed by atoms with Crippen LogP contribution in [0.4, 0.5) is 10.5 Å². The highest BCUT2D eigenvalue weighted by atomic mass is 32.1. The highest BCUT2D eigenvalue weighted by Gasteiger charge is 2.03. The number of fused-ring (bicyclic) bond motifs is 1. The minimum Gasteiger partial charge on any atom is -0.481 e. The number of hydrogen-bond donors (Lipinski definition) is 3. The van der Waals surface area contributed by atoms with Gasteiger partial charge in [0, 0.05) is 23.4 Å². The van der Waals surface area contributed by atoms with Gasteiger partial charge in [-0.2, -0.15) is 0 Å². The van der Waals surface area contributed by atoms with Gasteiger partial charge in [-0.25, -0.2) is 4.79 Å². The van der Waals surface area contributed by atoms with Crippen molar-refractivity contribution in [3.63, 3.8) is 0 Å². The van der Waals surface area contributed by atoms with E-state index < -0.39 is 5.97 Å². The Morgan fingerprint density at radius 1 is 1.26 bits per heavy atom. The van der Waals surface area contributed by atoms with Gasteiger partial charge in [0.15, 0.2) is 0 Å². The molecule has 0 spiro atoms. The van der Waals surface area contributed by atoms with E-state index in [-0.39, 0.29) is 12.5 Å². The molecule has 0 atom stereocenters. The highest BCUT2D eigenvalue weighted by molar-refractivity contribution is 7.17. The minimum atomic E-state index is -0.856. The molecule has 2 amide bonds. The number of anilines is 1. The molecule has 6 heteroatoms. The third kappa shape index (κ3) is 3.96. The first-order valence-electron chi connectivity index (χ1n) is 5.89. The molecule has 5 nitrogen and oxygen atoms in total. The van der Waals surface area contributed by atoms with Gasteiger partial charge in [0.1, 0.15) is 0 Å². The second-order valence-electron chi connectivity index (χ2n) is 4.05. The molecule has 0 radical (unpaired) electrons. The quantitative estimate of drug-likeness (QED) is 0.736. The normalized spacial score (nSPS) is 10.3. The molecule has 0 aliphatic heterocycles. The number of thiophene rings is 1. The van der Waals surface area contributed by atoms with Crippen LogP contribution in [0.25, 0.3) is 10.1 Å². The van der Waals surface area contributed by atoms with Crippen LogP contribution in [0.5, 0.6) is 0 Å². The Morgan fingerprint density at radius 2 is 2.11 bits per heavy atom. The molecular formula is C13H14N2O3S. The van der Waals surface area contributed by atoms with Gasteiger partial charge in [-0.1, -0.05) is 0 Å².